The van der Waals surface area contributed by atoms with Crippen LogP contribution in [0.15, 0.2) is 37.5 Å². The summed E-state index contributed by atoms with van der Waals surface area (Å²) < 4.78 is 5.59. The molecule has 0 aliphatic carbocycles. The minimum Gasteiger partial charge on any atom is -0.370 e. The molecule has 0 aromatic heterocycles. The highest BCUT2D eigenvalue weighted by Gasteiger charge is 2.02. The maximum atomic E-state index is 5.59. The van der Waals surface area contributed by atoms with Crippen LogP contribution in [0, 0.1) is 0 Å². The van der Waals surface area contributed by atoms with E-state index < -0.39 is 0 Å². The van der Waals surface area contributed by atoms with Gasteiger partial charge >= 0.3 is 0 Å². The Balaban J connectivity index is 3.77. The smallest absolute Gasteiger partial charge is 0.0763 e. The lowest BCUT2D eigenvalue weighted by Crippen LogP contribution is -2.09. The van der Waals surface area contributed by atoms with Gasteiger partial charge in [-0.1, -0.05) is 57.1 Å². The molecule has 0 saturated carbocycles. The molecule has 0 aromatic carbocycles. The van der Waals surface area contributed by atoms with Crippen molar-refractivity contribution in [3.05, 3.63) is 37.5 Å². The normalized spacial score (nSPS) is 12.9. The van der Waals surface area contributed by atoms with Gasteiger partial charge in [0.1, 0.15) is 0 Å². The number of rotatable bonds is 9. The standard InChI is InChI=1S/C13H22O/c1-4-7-9-11-13(10-8-5-2)14-12-6-3/h5-6,8,10,13H,2-4,7,9,11-12H2,1H3/b10-8-. The van der Waals surface area contributed by atoms with Crippen LogP contribution in [-0.2, 0) is 4.74 Å². The monoisotopic (exact) mass is 194 g/mol. The van der Waals surface area contributed by atoms with E-state index in [1.54, 1.807) is 12.2 Å². The van der Waals surface area contributed by atoms with E-state index >= 15 is 0 Å². The zero-order chi connectivity index (χ0) is 10.6. The summed E-state index contributed by atoms with van der Waals surface area (Å²) in [6, 6.07) is 0. The zero-order valence-electron chi connectivity index (χ0n) is 9.24. The van der Waals surface area contributed by atoms with Crippen LogP contribution in [0.5, 0.6) is 0 Å². The highest BCUT2D eigenvalue weighted by Crippen LogP contribution is 2.08. The van der Waals surface area contributed by atoms with Gasteiger partial charge in [-0.2, -0.15) is 0 Å². The maximum Gasteiger partial charge on any atom is 0.0763 e. The summed E-state index contributed by atoms with van der Waals surface area (Å²) in [5.74, 6) is 0. The fourth-order valence-electron chi connectivity index (χ4n) is 1.22. The van der Waals surface area contributed by atoms with Crippen molar-refractivity contribution in [3.8, 4) is 0 Å². The zero-order valence-corrected chi connectivity index (χ0v) is 9.24. The molecule has 0 heterocycles. The SMILES string of the molecule is C=C/C=C\C(CCCCC)OCC=C. The molecule has 0 amide bonds. The first-order chi connectivity index (χ1) is 6.85. The van der Waals surface area contributed by atoms with Gasteiger partial charge in [-0.05, 0) is 6.42 Å². The summed E-state index contributed by atoms with van der Waals surface area (Å²) in [5, 5.41) is 0. The van der Waals surface area contributed by atoms with Gasteiger partial charge in [0, 0.05) is 0 Å². The van der Waals surface area contributed by atoms with Gasteiger partial charge in [-0.3, -0.25) is 0 Å². The Morgan fingerprint density at radius 1 is 1.29 bits per heavy atom. The fraction of sp³-hybridized carbons (Fsp3) is 0.538. The van der Waals surface area contributed by atoms with E-state index in [9.17, 15) is 0 Å². The quantitative estimate of drug-likeness (QED) is 0.307. The predicted octanol–water partition coefficient (Wildman–Crippen LogP) is 3.88. The van der Waals surface area contributed by atoms with E-state index in [1.807, 2.05) is 6.08 Å². The Morgan fingerprint density at radius 3 is 2.64 bits per heavy atom. The lowest BCUT2D eigenvalue weighted by Gasteiger charge is -2.12. The lowest BCUT2D eigenvalue weighted by molar-refractivity contribution is 0.101. The van der Waals surface area contributed by atoms with Crippen molar-refractivity contribution < 1.29 is 4.74 Å². The molecule has 1 unspecified atom stereocenters. The molecule has 1 heteroatoms. The van der Waals surface area contributed by atoms with Gasteiger partial charge in [-0.15, -0.1) is 6.58 Å². The van der Waals surface area contributed by atoms with E-state index in [-0.39, 0.29) is 6.10 Å². The van der Waals surface area contributed by atoms with Gasteiger partial charge in [-0.25, -0.2) is 0 Å². The van der Waals surface area contributed by atoms with Crippen molar-refractivity contribution in [2.45, 2.75) is 38.7 Å². The van der Waals surface area contributed by atoms with Crippen LogP contribution in [0.3, 0.4) is 0 Å². The summed E-state index contributed by atoms with van der Waals surface area (Å²) in [6.45, 7) is 10.1. The molecule has 14 heavy (non-hydrogen) atoms. The van der Waals surface area contributed by atoms with E-state index in [2.05, 4.69) is 26.2 Å². The first-order valence-electron chi connectivity index (χ1n) is 5.36. The molecule has 0 bridgehead atoms. The average Bonchev–Trinajstić information content (AvgIpc) is 2.21. The van der Waals surface area contributed by atoms with E-state index in [1.165, 1.54) is 19.3 Å². The summed E-state index contributed by atoms with van der Waals surface area (Å²) in [4.78, 5) is 0. The van der Waals surface area contributed by atoms with Crippen LogP contribution >= 0.6 is 0 Å². The van der Waals surface area contributed by atoms with E-state index in [0.717, 1.165) is 6.42 Å². The van der Waals surface area contributed by atoms with Crippen molar-refractivity contribution in [1.82, 2.24) is 0 Å². The van der Waals surface area contributed by atoms with Crippen LogP contribution in [-0.4, -0.2) is 12.7 Å². The summed E-state index contributed by atoms with van der Waals surface area (Å²) in [7, 11) is 0. The van der Waals surface area contributed by atoms with Crippen LogP contribution in [0.1, 0.15) is 32.6 Å². The molecule has 0 radical (unpaired) electrons. The minimum atomic E-state index is 0.220. The highest BCUT2D eigenvalue weighted by molar-refractivity contribution is 5.01. The third-order valence-corrected chi connectivity index (χ3v) is 1.98. The molecule has 0 spiro atoms. The third kappa shape index (κ3) is 7.81. The molecule has 0 saturated heterocycles. The van der Waals surface area contributed by atoms with Gasteiger partial charge in [0.25, 0.3) is 0 Å². The summed E-state index contributed by atoms with van der Waals surface area (Å²) in [6.07, 6.45) is 12.6. The van der Waals surface area contributed by atoms with Gasteiger partial charge in [0.15, 0.2) is 0 Å². The molecular weight excluding hydrogens is 172 g/mol. The van der Waals surface area contributed by atoms with Gasteiger partial charge < -0.3 is 4.74 Å². The van der Waals surface area contributed by atoms with Crippen molar-refractivity contribution in [2.24, 2.45) is 0 Å². The second-order valence-corrected chi connectivity index (χ2v) is 3.28. The van der Waals surface area contributed by atoms with Crippen LogP contribution < -0.4 is 0 Å². The first kappa shape index (κ1) is 13.2. The highest BCUT2D eigenvalue weighted by atomic mass is 16.5. The Bertz CT molecular complexity index is 170. The van der Waals surface area contributed by atoms with E-state index in [4.69, 9.17) is 4.74 Å². The Morgan fingerprint density at radius 2 is 2.07 bits per heavy atom. The Hall–Kier alpha value is -0.820. The number of ether oxygens (including phenoxy) is 1. The number of allylic oxidation sites excluding steroid dienone is 2. The van der Waals surface area contributed by atoms with Crippen LogP contribution in [0.2, 0.25) is 0 Å². The molecule has 80 valence electrons. The molecular formula is C13H22O. The molecule has 0 aromatic rings. The molecule has 0 aliphatic rings. The van der Waals surface area contributed by atoms with Crippen LogP contribution in [0.4, 0.5) is 0 Å². The topological polar surface area (TPSA) is 9.23 Å². The van der Waals surface area contributed by atoms with E-state index in [0.29, 0.717) is 6.61 Å². The molecule has 0 aliphatic heterocycles. The maximum absolute atomic E-state index is 5.59. The minimum absolute atomic E-state index is 0.220. The second-order valence-electron chi connectivity index (χ2n) is 3.28. The second kappa shape index (κ2) is 10.3. The number of hydrogen-bond donors (Lipinski definition) is 0. The molecule has 0 N–H and O–H groups in total. The van der Waals surface area contributed by atoms with Crippen LogP contribution in [0.25, 0.3) is 0 Å². The van der Waals surface area contributed by atoms with Crippen molar-refractivity contribution in [2.75, 3.05) is 6.61 Å². The first-order valence-corrected chi connectivity index (χ1v) is 5.36. The molecule has 0 rings (SSSR count). The Labute approximate surface area is 88.2 Å². The molecule has 1 nitrogen and oxygen atoms in total. The average molecular weight is 194 g/mol. The summed E-state index contributed by atoms with van der Waals surface area (Å²) >= 11 is 0. The lowest BCUT2D eigenvalue weighted by atomic mass is 10.1. The third-order valence-electron chi connectivity index (χ3n) is 1.98. The number of hydrogen-bond acceptors (Lipinski definition) is 1. The summed E-state index contributed by atoms with van der Waals surface area (Å²) in [5.41, 5.74) is 0. The largest absolute Gasteiger partial charge is 0.370 e. The van der Waals surface area contributed by atoms with Crippen molar-refractivity contribution >= 4 is 0 Å². The van der Waals surface area contributed by atoms with Crippen molar-refractivity contribution in [1.29, 1.82) is 0 Å². The molecule has 1 atom stereocenters. The van der Waals surface area contributed by atoms with Gasteiger partial charge in [0.2, 0.25) is 0 Å². The fourth-order valence-corrected chi connectivity index (χ4v) is 1.22. The van der Waals surface area contributed by atoms with Crippen molar-refractivity contribution in [3.63, 3.8) is 0 Å². The predicted molar refractivity (Wildman–Crippen MR) is 63.4 cm³/mol. The Kier molecular flexibility index (Phi) is 9.66. The van der Waals surface area contributed by atoms with Gasteiger partial charge in [0.05, 0.1) is 12.7 Å². The number of unbranched alkanes of at least 4 members (excludes halogenated alkanes) is 2. The molecule has 0 fully saturated rings.